The molecular formula is C20H18O2. The van der Waals surface area contributed by atoms with Crippen LogP contribution >= 0.6 is 0 Å². The first kappa shape index (κ1) is 13.3. The van der Waals surface area contributed by atoms with Crippen molar-refractivity contribution in [1.82, 2.24) is 0 Å². The van der Waals surface area contributed by atoms with Gasteiger partial charge in [0.05, 0.1) is 5.56 Å². The van der Waals surface area contributed by atoms with Gasteiger partial charge in [0.15, 0.2) is 0 Å². The number of hydrogen-bond donors (Lipinski definition) is 1. The Hall–Kier alpha value is -2.35. The molecule has 1 fully saturated rings. The van der Waals surface area contributed by atoms with E-state index in [0.29, 0.717) is 17.4 Å². The zero-order chi connectivity index (χ0) is 15.2. The summed E-state index contributed by atoms with van der Waals surface area (Å²) in [5.41, 5.74) is 2.67. The summed E-state index contributed by atoms with van der Waals surface area (Å²) in [6.45, 7) is 0. The Morgan fingerprint density at radius 3 is 2.50 bits per heavy atom. The lowest BCUT2D eigenvalue weighted by Gasteiger charge is -2.28. The molecule has 2 heteroatoms. The first-order valence-electron chi connectivity index (χ1n) is 7.77. The Bertz CT molecular complexity index is 747. The van der Waals surface area contributed by atoms with Gasteiger partial charge in [0, 0.05) is 5.41 Å². The summed E-state index contributed by atoms with van der Waals surface area (Å²) in [6, 6.07) is 18.1. The van der Waals surface area contributed by atoms with Crippen molar-refractivity contribution in [1.29, 1.82) is 0 Å². The van der Waals surface area contributed by atoms with Crippen LogP contribution in [0.2, 0.25) is 0 Å². The molecule has 0 heterocycles. The topological polar surface area (TPSA) is 37.3 Å². The van der Waals surface area contributed by atoms with E-state index in [-0.39, 0.29) is 5.41 Å². The van der Waals surface area contributed by atoms with Crippen LogP contribution in [0.15, 0.2) is 66.7 Å². The smallest absolute Gasteiger partial charge is 0.335 e. The van der Waals surface area contributed by atoms with Crippen LogP contribution in [-0.4, -0.2) is 11.1 Å². The van der Waals surface area contributed by atoms with E-state index in [1.54, 1.807) is 6.07 Å². The second-order valence-electron chi connectivity index (χ2n) is 6.46. The normalized spacial score (nSPS) is 28.9. The van der Waals surface area contributed by atoms with E-state index in [0.717, 1.165) is 18.4 Å². The molecule has 3 atom stereocenters. The Kier molecular flexibility index (Phi) is 2.93. The van der Waals surface area contributed by atoms with Gasteiger partial charge in [0.25, 0.3) is 0 Å². The van der Waals surface area contributed by atoms with Crippen LogP contribution in [0.25, 0.3) is 0 Å². The highest BCUT2D eigenvalue weighted by atomic mass is 16.4. The molecule has 4 rings (SSSR count). The van der Waals surface area contributed by atoms with Gasteiger partial charge in [-0.25, -0.2) is 4.79 Å². The van der Waals surface area contributed by atoms with Crippen molar-refractivity contribution in [3.05, 3.63) is 83.4 Å². The Morgan fingerprint density at radius 1 is 1.00 bits per heavy atom. The maximum atomic E-state index is 11.6. The number of hydrogen-bond acceptors (Lipinski definition) is 1. The number of carboxylic acid groups (broad SMARTS) is 1. The number of aromatic carboxylic acids is 1. The minimum absolute atomic E-state index is 0.111. The molecule has 2 bridgehead atoms. The van der Waals surface area contributed by atoms with Gasteiger partial charge in [0.1, 0.15) is 0 Å². The predicted molar refractivity (Wildman–Crippen MR) is 86.1 cm³/mol. The van der Waals surface area contributed by atoms with Crippen molar-refractivity contribution >= 4 is 5.97 Å². The van der Waals surface area contributed by atoms with Crippen molar-refractivity contribution in [2.45, 2.75) is 24.2 Å². The average molecular weight is 290 g/mol. The second-order valence-corrected chi connectivity index (χ2v) is 6.46. The molecule has 3 unspecified atom stereocenters. The Morgan fingerprint density at radius 2 is 1.73 bits per heavy atom. The summed E-state index contributed by atoms with van der Waals surface area (Å²) in [6.07, 6.45) is 6.57. The first-order chi connectivity index (χ1) is 10.7. The number of rotatable bonds is 3. The fourth-order valence-electron chi connectivity index (χ4n) is 4.31. The van der Waals surface area contributed by atoms with Crippen LogP contribution in [0.4, 0.5) is 0 Å². The van der Waals surface area contributed by atoms with E-state index < -0.39 is 5.97 Å². The standard InChI is InChI=1S/C20H18O2/c21-19(22)16-8-4-5-9-18(16)20-11-10-15(12-20)17(13-20)14-6-2-1-3-7-14/h1-11,15,17H,12-13H2,(H,21,22). The summed E-state index contributed by atoms with van der Waals surface area (Å²) in [5, 5.41) is 9.51. The molecular weight excluding hydrogens is 272 g/mol. The number of carbonyl (C=O) groups is 1. The third kappa shape index (κ3) is 1.91. The van der Waals surface area contributed by atoms with Crippen molar-refractivity contribution in [2.75, 3.05) is 0 Å². The highest BCUT2D eigenvalue weighted by Gasteiger charge is 2.49. The zero-order valence-corrected chi connectivity index (χ0v) is 12.3. The first-order valence-corrected chi connectivity index (χ1v) is 7.77. The van der Waals surface area contributed by atoms with E-state index >= 15 is 0 Å². The van der Waals surface area contributed by atoms with Gasteiger partial charge in [-0.15, -0.1) is 0 Å². The Balaban J connectivity index is 1.76. The van der Waals surface area contributed by atoms with Gasteiger partial charge < -0.3 is 5.11 Å². The molecule has 22 heavy (non-hydrogen) atoms. The van der Waals surface area contributed by atoms with E-state index in [4.69, 9.17) is 0 Å². The number of benzene rings is 2. The lowest BCUT2D eigenvalue weighted by atomic mass is 9.75. The van der Waals surface area contributed by atoms with Gasteiger partial charge >= 0.3 is 5.97 Å². The second kappa shape index (κ2) is 4.84. The molecule has 2 aromatic carbocycles. The summed E-state index contributed by atoms with van der Waals surface area (Å²) in [5.74, 6) is 0.183. The van der Waals surface area contributed by atoms with E-state index in [1.165, 1.54) is 5.56 Å². The molecule has 0 amide bonds. The lowest BCUT2D eigenvalue weighted by Crippen LogP contribution is -2.22. The number of allylic oxidation sites excluding steroid dienone is 2. The maximum absolute atomic E-state index is 11.6. The highest BCUT2D eigenvalue weighted by Crippen LogP contribution is 2.57. The minimum atomic E-state index is -0.829. The Labute approximate surface area is 130 Å². The van der Waals surface area contributed by atoms with Gasteiger partial charge in [-0.2, -0.15) is 0 Å². The number of carboxylic acids is 1. The third-order valence-corrected chi connectivity index (χ3v) is 5.28. The molecule has 1 saturated carbocycles. The van der Waals surface area contributed by atoms with Crippen molar-refractivity contribution < 1.29 is 9.90 Å². The summed E-state index contributed by atoms with van der Waals surface area (Å²) in [7, 11) is 0. The third-order valence-electron chi connectivity index (χ3n) is 5.28. The van der Waals surface area contributed by atoms with Crippen LogP contribution in [0.3, 0.4) is 0 Å². The average Bonchev–Trinajstić information content (AvgIpc) is 3.15. The minimum Gasteiger partial charge on any atom is -0.478 e. The van der Waals surface area contributed by atoms with Crippen LogP contribution in [0.5, 0.6) is 0 Å². The zero-order valence-electron chi connectivity index (χ0n) is 12.3. The molecule has 2 aliphatic rings. The molecule has 0 spiro atoms. The quantitative estimate of drug-likeness (QED) is 0.851. The van der Waals surface area contributed by atoms with E-state index in [2.05, 4.69) is 36.4 Å². The molecule has 1 N–H and O–H groups in total. The van der Waals surface area contributed by atoms with E-state index in [1.807, 2.05) is 24.3 Å². The fraction of sp³-hybridized carbons (Fsp3) is 0.250. The van der Waals surface area contributed by atoms with Crippen molar-refractivity contribution in [2.24, 2.45) is 5.92 Å². The molecule has 0 aromatic heterocycles. The summed E-state index contributed by atoms with van der Waals surface area (Å²) in [4.78, 5) is 11.6. The summed E-state index contributed by atoms with van der Waals surface area (Å²) < 4.78 is 0. The van der Waals surface area contributed by atoms with E-state index in [9.17, 15) is 9.90 Å². The van der Waals surface area contributed by atoms with Crippen LogP contribution in [0, 0.1) is 5.92 Å². The van der Waals surface area contributed by atoms with Gasteiger partial charge in [0.2, 0.25) is 0 Å². The van der Waals surface area contributed by atoms with Crippen LogP contribution < -0.4 is 0 Å². The van der Waals surface area contributed by atoms with Gasteiger partial charge in [-0.1, -0.05) is 60.7 Å². The fourth-order valence-corrected chi connectivity index (χ4v) is 4.31. The monoisotopic (exact) mass is 290 g/mol. The van der Waals surface area contributed by atoms with Gasteiger partial charge in [-0.3, -0.25) is 0 Å². The molecule has 0 aliphatic heterocycles. The molecule has 2 aliphatic carbocycles. The lowest BCUT2D eigenvalue weighted by molar-refractivity contribution is 0.0694. The largest absolute Gasteiger partial charge is 0.478 e. The summed E-state index contributed by atoms with van der Waals surface area (Å²) >= 11 is 0. The van der Waals surface area contributed by atoms with Gasteiger partial charge in [-0.05, 0) is 41.9 Å². The molecule has 0 radical (unpaired) electrons. The van der Waals surface area contributed by atoms with Crippen LogP contribution in [-0.2, 0) is 5.41 Å². The molecule has 2 nitrogen and oxygen atoms in total. The van der Waals surface area contributed by atoms with Crippen LogP contribution in [0.1, 0.15) is 40.2 Å². The highest BCUT2D eigenvalue weighted by molar-refractivity contribution is 5.90. The molecule has 0 saturated heterocycles. The molecule has 2 aromatic rings. The maximum Gasteiger partial charge on any atom is 0.335 e. The van der Waals surface area contributed by atoms with Crippen molar-refractivity contribution in [3.8, 4) is 0 Å². The predicted octanol–water partition coefficient (Wildman–Crippen LogP) is 4.39. The number of fused-ring (bicyclic) bond motifs is 2. The molecule has 110 valence electrons. The van der Waals surface area contributed by atoms with Crippen molar-refractivity contribution in [3.63, 3.8) is 0 Å². The SMILES string of the molecule is O=C(O)c1ccccc1C12C=CC(C1)C(c1ccccc1)C2.